The van der Waals surface area contributed by atoms with Gasteiger partial charge in [-0.25, -0.2) is 0 Å². The Kier molecular flexibility index (Phi) is 4.61. The van der Waals surface area contributed by atoms with Gasteiger partial charge in [-0.2, -0.15) is 0 Å². The summed E-state index contributed by atoms with van der Waals surface area (Å²) in [6, 6.07) is 14.3. The third-order valence-corrected chi connectivity index (χ3v) is 5.07. The number of hydrogen-bond acceptors (Lipinski definition) is 5. The Morgan fingerprint density at radius 2 is 1.79 bits per heavy atom. The number of nitro groups is 1. The van der Waals surface area contributed by atoms with Crippen molar-refractivity contribution in [1.29, 1.82) is 0 Å². The van der Waals surface area contributed by atoms with E-state index in [1.165, 1.54) is 23.9 Å². The number of amides is 1. The van der Waals surface area contributed by atoms with E-state index in [2.05, 4.69) is 5.32 Å². The Bertz CT molecular complexity index is 777. The third kappa shape index (κ3) is 3.30. The summed E-state index contributed by atoms with van der Waals surface area (Å²) in [5.41, 5.74) is 1.23. The molecule has 0 radical (unpaired) electrons. The molecule has 1 saturated heterocycles. The van der Waals surface area contributed by atoms with Crippen LogP contribution in [0, 0.1) is 10.1 Å². The smallest absolute Gasteiger partial charge is 0.269 e. The van der Waals surface area contributed by atoms with Crippen LogP contribution in [0.4, 0.5) is 5.69 Å². The molecule has 0 bridgehead atoms. The molecule has 1 heterocycles. The van der Waals surface area contributed by atoms with Crippen molar-refractivity contribution >= 4 is 29.1 Å². The van der Waals surface area contributed by atoms with Crippen LogP contribution >= 0.6 is 11.8 Å². The molecule has 1 aliphatic heterocycles. The highest BCUT2D eigenvalue weighted by atomic mass is 32.2. The maximum Gasteiger partial charge on any atom is 0.269 e. The lowest BCUT2D eigenvalue weighted by atomic mass is 9.96. The van der Waals surface area contributed by atoms with Crippen molar-refractivity contribution in [2.24, 2.45) is 0 Å². The Balaban J connectivity index is 1.91. The zero-order valence-corrected chi connectivity index (χ0v) is 13.4. The van der Waals surface area contributed by atoms with Gasteiger partial charge in [0.1, 0.15) is 0 Å². The number of carbonyl (C=O) groups is 2. The number of hydrogen-bond donors (Lipinski definition) is 1. The van der Waals surface area contributed by atoms with Crippen LogP contribution in [0.25, 0.3) is 0 Å². The summed E-state index contributed by atoms with van der Waals surface area (Å²) in [6.07, 6.45) is 0. The molecule has 0 aliphatic carbocycles. The van der Waals surface area contributed by atoms with Crippen LogP contribution in [-0.2, 0) is 4.79 Å². The lowest BCUT2D eigenvalue weighted by Crippen LogP contribution is -2.44. The highest BCUT2D eigenvalue weighted by Gasteiger charge is 2.36. The summed E-state index contributed by atoms with van der Waals surface area (Å²) >= 11 is 1.29. The van der Waals surface area contributed by atoms with Crippen LogP contribution < -0.4 is 5.32 Å². The van der Waals surface area contributed by atoms with E-state index in [9.17, 15) is 19.7 Å². The molecular formula is C17H14N2O4S. The average Bonchev–Trinajstić information content (AvgIpc) is 2.62. The quantitative estimate of drug-likeness (QED) is 0.524. The first kappa shape index (κ1) is 16.2. The van der Waals surface area contributed by atoms with Gasteiger partial charge >= 0.3 is 0 Å². The van der Waals surface area contributed by atoms with Gasteiger partial charge in [-0.15, -0.1) is 11.8 Å². The van der Waals surface area contributed by atoms with Crippen LogP contribution in [0.15, 0.2) is 54.6 Å². The molecule has 0 spiro atoms. The molecule has 0 aromatic heterocycles. The monoisotopic (exact) mass is 342 g/mol. The molecule has 0 unspecified atom stereocenters. The number of nitro benzene ring substituents is 1. The fraction of sp³-hybridized carbons (Fsp3) is 0.176. The first-order valence-corrected chi connectivity index (χ1v) is 8.36. The number of nitrogens with one attached hydrogen (secondary N) is 1. The van der Waals surface area contributed by atoms with Crippen LogP contribution in [0.3, 0.4) is 0 Å². The molecule has 3 rings (SSSR count). The summed E-state index contributed by atoms with van der Waals surface area (Å²) in [5, 5.41) is 13.1. The fourth-order valence-corrected chi connectivity index (χ4v) is 3.73. The minimum Gasteiger partial charge on any atom is -0.347 e. The lowest BCUT2D eigenvalue weighted by Gasteiger charge is -2.31. The van der Waals surface area contributed by atoms with Gasteiger partial charge in [0, 0.05) is 17.7 Å². The number of rotatable bonds is 4. The van der Waals surface area contributed by atoms with Crippen molar-refractivity contribution in [3.8, 4) is 0 Å². The molecule has 1 aliphatic rings. The minimum atomic E-state index is -0.509. The summed E-state index contributed by atoms with van der Waals surface area (Å²) in [7, 11) is 0. The third-order valence-electron chi connectivity index (χ3n) is 3.79. The van der Waals surface area contributed by atoms with Crippen molar-refractivity contribution in [2.75, 3.05) is 5.75 Å². The number of thioether (sulfide) groups is 1. The van der Waals surface area contributed by atoms with Gasteiger partial charge in [-0.1, -0.05) is 42.5 Å². The molecule has 2 aromatic carbocycles. The zero-order valence-electron chi connectivity index (χ0n) is 12.5. The van der Waals surface area contributed by atoms with Gasteiger partial charge < -0.3 is 5.32 Å². The topological polar surface area (TPSA) is 89.3 Å². The maximum atomic E-state index is 12.8. The van der Waals surface area contributed by atoms with E-state index >= 15 is 0 Å². The van der Waals surface area contributed by atoms with E-state index in [-0.39, 0.29) is 23.1 Å². The van der Waals surface area contributed by atoms with E-state index < -0.39 is 16.2 Å². The molecule has 1 amide bonds. The Hall–Kier alpha value is -2.67. The summed E-state index contributed by atoms with van der Waals surface area (Å²) in [5.74, 6) is -0.00313. The minimum absolute atomic E-state index is 0.0283. The van der Waals surface area contributed by atoms with Gasteiger partial charge in [0.2, 0.25) is 5.91 Å². The van der Waals surface area contributed by atoms with Crippen molar-refractivity contribution in [3.05, 3.63) is 75.8 Å². The highest BCUT2D eigenvalue weighted by Crippen LogP contribution is 2.33. The number of Topliss-reactive ketones (excluding diaryl/α,β-unsaturated/α-hetero) is 1. The zero-order chi connectivity index (χ0) is 17.1. The van der Waals surface area contributed by atoms with Crippen molar-refractivity contribution in [1.82, 2.24) is 5.32 Å². The molecule has 2 aromatic rings. The average molecular weight is 342 g/mol. The molecule has 6 nitrogen and oxygen atoms in total. The summed E-state index contributed by atoms with van der Waals surface area (Å²) < 4.78 is 0. The SMILES string of the molecule is O=C1CS[C@H](C(=O)c2ccccc2)[C@@H](c2ccc([N+](=O)[O-])cc2)N1. The van der Waals surface area contributed by atoms with Crippen LogP contribution in [0.2, 0.25) is 0 Å². The van der Waals surface area contributed by atoms with Gasteiger partial charge in [0.05, 0.1) is 22.0 Å². The highest BCUT2D eigenvalue weighted by molar-refractivity contribution is 8.01. The largest absolute Gasteiger partial charge is 0.347 e. The van der Waals surface area contributed by atoms with E-state index in [4.69, 9.17) is 0 Å². The van der Waals surface area contributed by atoms with Gasteiger partial charge in [0.25, 0.3) is 5.69 Å². The maximum absolute atomic E-state index is 12.8. The van der Waals surface area contributed by atoms with E-state index in [0.717, 1.165) is 0 Å². The lowest BCUT2D eigenvalue weighted by molar-refractivity contribution is -0.384. The molecule has 122 valence electrons. The molecule has 24 heavy (non-hydrogen) atoms. The number of ketones is 1. The Labute approximate surface area is 142 Å². The second-order valence-electron chi connectivity index (χ2n) is 5.36. The van der Waals surface area contributed by atoms with Gasteiger partial charge in [-0.05, 0) is 5.56 Å². The van der Waals surface area contributed by atoms with Crippen molar-refractivity contribution in [3.63, 3.8) is 0 Å². The molecule has 1 fully saturated rings. The van der Waals surface area contributed by atoms with Crippen LogP contribution in [-0.4, -0.2) is 27.6 Å². The normalized spacial score (nSPS) is 20.2. The van der Waals surface area contributed by atoms with Crippen LogP contribution in [0.5, 0.6) is 0 Å². The predicted molar refractivity (Wildman–Crippen MR) is 91.0 cm³/mol. The molecular weight excluding hydrogens is 328 g/mol. The summed E-state index contributed by atoms with van der Waals surface area (Å²) in [4.78, 5) is 34.9. The first-order chi connectivity index (χ1) is 11.6. The van der Waals surface area contributed by atoms with Crippen molar-refractivity contribution in [2.45, 2.75) is 11.3 Å². The van der Waals surface area contributed by atoms with Crippen molar-refractivity contribution < 1.29 is 14.5 Å². The van der Waals surface area contributed by atoms with E-state index in [1.54, 1.807) is 36.4 Å². The second kappa shape index (κ2) is 6.84. The number of non-ortho nitro benzene ring substituents is 1. The first-order valence-electron chi connectivity index (χ1n) is 7.31. The second-order valence-corrected chi connectivity index (χ2v) is 6.49. The van der Waals surface area contributed by atoms with Gasteiger partial charge in [-0.3, -0.25) is 19.7 Å². The molecule has 0 saturated carbocycles. The Morgan fingerprint density at radius 3 is 2.42 bits per heavy atom. The molecule has 1 N–H and O–H groups in total. The number of carbonyl (C=O) groups excluding carboxylic acids is 2. The Morgan fingerprint density at radius 1 is 1.12 bits per heavy atom. The van der Waals surface area contributed by atoms with E-state index in [0.29, 0.717) is 11.1 Å². The standard InChI is InChI=1S/C17H14N2O4S/c20-14-10-24-17(16(21)12-4-2-1-3-5-12)15(18-14)11-6-8-13(9-7-11)19(22)23/h1-9,15,17H,10H2,(H,18,20)/t15-,17+/m1/s1. The predicted octanol–water partition coefficient (Wildman–Crippen LogP) is 2.75. The van der Waals surface area contributed by atoms with E-state index in [1.807, 2.05) is 6.07 Å². The van der Waals surface area contributed by atoms with Gasteiger partial charge in [0.15, 0.2) is 5.78 Å². The van der Waals surface area contributed by atoms with Crippen LogP contribution in [0.1, 0.15) is 22.0 Å². The molecule has 2 atom stereocenters. The summed E-state index contributed by atoms with van der Waals surface area (Å²) in [6.45, 7) is 0. The fourth-order valence-electron chi connectivity index (χ4n) is 2.61. The molecule has 7 heteroatoms. The number of nitrogens with zero attached hydrogens (tertiary/aromatic N) is 1. The number of benzene rings is 2.